The molecule has 5 nitrogen and oxygen atoms in total. The Morgan fingerprint density at radius 1 is 1.15 bits per heavy atom. The maximum Gasteiger partial charge on any atom is 0.235 e. The summed E-state index contributed by atoms with van der Waals surface area (Å²) in [5.41, 5.74) is 1.61. The fourth-order valence-corrected chi connectivity index (χ4v) is 3.42. The highest BCUT2D eigenvalue weighted by atomic mass is 35.5. The van der Waals surface area contributed by atoms with Crippen molar-refractivity contribution >= 4 is 29.0 Å². The van der Waals surface area contributed by atoms with E-state index in [1.807, 2.05) is 18.2 Å². The number of nitrogens with one attached hydrogen (secondary N) is 1. The minimum Gasteiger partial charge on any atom is -0.331 e. The summed E-state index contributed by atoms with van der Waals surface area (Å²) in [5.74, 6) is 0.176. The number of hydrogen-bond donors (Lipinski definition) is 1. The number of benzene rings is 2. The third kappa shape index (κ3) is 3.26. The SMILES string of the molecule is Cn1ccnc1C(=O)c1ccc(NC(=O)C2(c3cccc(Cl)c3)CC2)cc1. The van der Waals surface area contributed by atoms with Crippen molar-refractivity contribution in [3.8, 4) is 0 Å². The van der Waals surface area contributed by atoms with Gasteiger partial charge in [-0.2, -0.15) is 0 Å². The fraction of sp³-hybridized carbons (Fsp3) is 0.190. The number of ketones is 1. The number of nitrogens with zero attached hydrogens (tertiary/aromatic N) is 2. The first-order chi connectivity index (χ1) is 13.0. The van der Waals surface area contributed by atoms with Gasteiger partial charge in [0.05, 0.1) is 5.41 Å². The van der Waals surface area contributed by atoms with Gasteiger partial charge in [0.1, 0.15) is 0 Å². The van der Waals surface area contributed by atoms with Crippen LogP contribution in [0.2, 0.25) is 5.02 Å². The van der Waals surface area contributed by atoms with E-state index in [1.54, 1.807) is 54.3 Å². The van der Waals surface area contributed by atoms with E-state index in [-0.39, 0.29) is 11.7 Å². The Morgan fingerprint density at radius 3 is 2.48 bits per heavy atom. The number of aryl methyl sites for hydroxylation is 1. The summed E-state index contributed by atoms with van der Waals surface area (Å²) in [4.78, 5) is 29.4. The Morgan fingerprint density at radius 2 is 1.89 bits per heavy atom. The highest BCUT2D eigenvalue weighted by Crippen LogP contribution is 2.49. The van der Waals surface area contributed by atoms with Crippen molar-refractivity contribution in [1.82, 2.24) is 9.55 Å². The predicted octanol–water partition coefficient (Wildman–Crippen LogP) is 3.97. The number of carbonyl (C=O) groups is 2. The molecule has 0 bridgehead atoms. The van der Waals surface area contributed by atoms with Gasteiger partial charge in [-0.3, -0.25) is 9.59 Å². The number of amides is 1. The molecule has 1 fully saturated rings. The maximum atomic E-state index is 12.8. The molecule has 2 aromatic carbocycles. The van der Waals surface area contributed by atoms with Crippen molar-refractivity contribution in [1.29, 1.82) is 0 Å². The van der Waals surface area contributed by atoms with E-state index in [2.05, 4.69) is 10.3 Å². The monoisotopic (exact) mass is 379 g/mol. The molecule has 1 amide bonds. The van der Waals surface area contributed by atoms with E-state index in [4.69, 9.17) is 11.6 Å². The third-order valence-electron chi connectivity index (χ3n) is 4.99. The zero-order valence-electron chi connectivity index (χ0n) is 14.8. The number of rotatable bonds is 5. The molecule has 0 saturated heterocycles. The summed E-state index contributed by atoms with van der Waals surface area (Å²) in [5, 5.41) is 3.59. The van der Waals surface area contributed by atoms with Crippen LogP contribution in [0, 0.1) is 0 Å². The number of carbonyl (C=O) groups excluding carboxylic acids is 2. The molecule has 0 radical (unpaired) electrons. The number of anilines is 1. The van der Waals surface area contributed by atoms with Gasteiger partial charge in [-0.25, -0.2) is 4.98 Å². The van der Waals surface area contributed by atoms with Crippen LogP contribution in [0.3, 0.4) is 0 Å². The molecule has 1 N–H and O–H groups in total. The first kappa shape index (κ1) is 17.5. The van der Waals surface area contributed by atoms with Gasteiger partial charge in [0, 0.05) is 35.7 Å². The van der Waals surface area contributed by atoms with E-state index < -0.39 is 5.41 Å². The first-order valence-corrected chi connectivity index (χ1v) is 9.07. The Balaban J connectivity index is 1.50. The average molecular weight is 380 g/mol. The lowest BCUT2D eigenvalue weighted by Gasteiger charge is -2.16. The molecule has 136 valence electrons. The summed E-state index contributed by atoms with van der Waals surface area (Å²) in [6.45, 7) is 0. The normalized spacial score (nSPS) is 14.6. The minimum atomic E-state index is -0.508. The third-order valence-corrected chi connectivity index (χ3v) is 5.23. The molecule has 1 aliphatic carbocycles. The standard InChI is InChI=1S/C21H18ClN3O2/c1-25-12-11-23-19(25)18(26)14-5-7-17(8-6-14)24-20(27)21(9-10-21)15-3-2-4-16(22)13-15/h2-8,11-13H,9-10H2,1H3,(H,24,27). The molecule has 4 rings (SSSR count). The van der Waals surface area contributed by atoms with Crippen LogP contribution < -0.4 is 5.32 Å². The number of imidazole rings is 1. The van der Waals surface area contributed by atoms with Crippen molar-refractivity contribution in [3.05, 3.63) is 82.9 Å². The molecule has 1 aromatic heterocycles. The molecule has 0 spiro atoms. The van der Waals surface area contributed by atoms with Gasteiger partial charge in [0.15, 0.2) is 5.82 Å². The largest absolute Gasteiger partial charge is 0.331 e. The van der Waals surface area contributed by atoms with Crippen molar-refractivity contribution < 1.29 is 9.59 Å². The zero-order valence-corrected chi connectivity index (χ0v) is 15.5. The smallest absolute Gasteiger partial charge is 0.235 e. The van der Waals surface area contributed by atoms with Crippen LogP contribution >= 0.6 is 11.6 Å². The second-order valence-corrected chi connectivity index (χ2v) is 7.25. The molecule has 0 atom stereocenters. The molecule has 6 heteroatoms. The van der Waals surface area contributed by atoms with Crippen LogP contribution in [0.5, 0.6) is 0 Å². The predicted molar refractivity (Wildman–Crippen MR) is 104 cm³/mol. The van der Waals surface area contributed by atoms with Gasteiger partial charge in [0.2, 0.25) is 11.7 Å². The second-order valence-electron chi connectivity index (χ2n) is 6.81. The molecule has 1 saturated carbocycles. The first-order valence-electron chi connectivity index (χ1n) is 8.69. The molecular formula is C21H18ClN3O2. The van der Waals surface area contributed by atoms with Crippen molar-refractivity contribution in [2.45, 2.75) is 18.3 Å². The van der Waals surface area contributed by atoms with Crippen LogP contribution in [-0.2, 0) is 17.3 Å². The molecule has 27 heavy (non-hydrogen) atoms. The quantitative estimate of drug-likeness (QED) is 0.682. The number of aromatic nitrogens is 2. The van der Waals surface area contributed by atoms with E-state index in [1.165, 1.54) is 0 Å². The van der Waals surface area contributed by atoms with E-state index >= 15 is 0 Å². The average Bonchev–Trinajstić information content (AvgIpc) is 3.38. The molecule has 0 unspecified atom stereocenters. The van der Waals surface area contributed by atoms with Crippen LogP contribution in [0.4, 0.5) is 5.69 Å². The van der Waals surface area contributed by atoms with Gasteiger partial charge < -0.3 is 9.88 Å². The lowest BCUT2D eigenvalue weighted by Crippen LogP contribution is -2.27. The van der Waals surface area contributed by atoms with Crippen LogP contribution in [0.25, 0.3) is 0 Å². The summed E-state index contributed by atoms with van der Waals surface area (Å²) >= 11 is 6.07. The maximum absolute atomic E-state index is 12.8. The number of halogens is 1. The van der Waals surface area contributed by atoms with E-state index in [9.17, 15) is 9.59 Å². The van der Waals surface area contributed by atoms with E-state index in [0.29, 0.717) is 22.1 Å². The van der Waals surface area contributed by atoms with Gasteiger partial charge in [-0.15, -0.1) is 0 Å². The van der Waals surface area contributed by atoms with Crippen molar-refractivity contribution in [2.75, 3.05) is 5.32 Å². The Hall–Kier alpha value is -2.92. The topological polar surface area (TPSA) is 64.0 Å². The Bertz CT molecular complexity index is 1020. The minimum absolute atomic E-state index is 0.0482. The molecule has 0 aliphatic heterocycles. The van der Waals surface area contributed by atoms with E-state index in [0.717, 1.165) is 18.4 Å². The Labute approximate surface area is 162 Å². The number of hydrogen-bond acceptors (Lipinski definition) is 3. The van der Waals surface area contributed by atoms with Crippen molar-refractivity contribution in [2.24, 2.45) is 7.05 Å². The summed E-state index contributed by atoms with van der Waals surface area (Å²) in [7, 11) is 1.78. The van der Waals surface area contributed by atoms with Crippen LogP contribution in [0.15, 0.2) is 60.9 Å². The lowest BCUT2D eigenvalue weighted by atomic mass is 9.95. The van der Waals surface area contributed by atoms with Crippen LogP contribution in [0.1, 0.15) is 34.6 Å². The Kier molecular flexibility index (Phi) is 4.32. The second kappa shape index (κ2) is 6.67. The van der Waals surface area contributed by atoms with Gasteiger partial charge in [-0.1, -0.05) is 23.7 Å². The van der Waals surface area contributed by atoms with Gasteiger partial charge >= 0.3 is 0 Å². The molecule has 1 aliphatic rings. The van der Waals surface area contributed by atoms with Gasteiger partial charge in [0.25, 0.3) is 0 Å². The molecular weight excluding hydrogens is 362 g/mol. The molecule has 1 heterocycles. The summed E-state index contributed by atoms with van der Waals surface area (Å²) in [6, 6.07) is 14.3. The van der Waals surface area contributed by atoms with Crippen LogP contribution in [-0.4, -0.2) is 21.2 Å². The summed E-state index contributed by atoms with van der Waals surface area (Å²) in [6.07, 6.45) is 4.92. The lowest BCUT2D eigenvalue weighted by molar-refractivity contribution is -0.118. The fourth-order valence-electron chi connectivity index (χ4n) is 3.23. The van der Waals surface area contributed by atoms with Crippen molar-refractivity contribution in [3.63, 3.8) is 0 Å². The zero-order chi connectivity index (χ0) is 19.0. The highest BCUT2D eigenvalue weighted by molar-refractivity contribution is 6.30. The summed E-state index contributed by atoms with van der Waals surface area (Å²) < 4.78 is 1.68. The van der Waals surface area contributed by atoms with Gasteiger partial charge in [-0.05, 0) is 54.8 Å². The highest BCUT2D eigenvalue weighted by Gasteiger charge is 2.51. The molecule has 3 aromatic rings.